The third kappa shape index (κ3) is 4.69. The van der Waals surface area contributed by atoms with Crippen LogP contribution >= 0.6 is 11.3 Å². The molecule has 0 unspecified atom stereocenters. The van der Waals surface area contributed by atoms with E-state index in [0.29, 0.717) is 11.3 Å². The summed E-state index contributed by atoms with van der Waals surface area (Å²) in [5.74, 6) is -0.956. The van der Waals surface area contributed by atoms with E-state index in [1.54, 1.807) is 38.1 Å². The molecule has 0 bridgehead atoms. The number of carboxylic acid groups (broad SMARTS) is 1. The predicted molar refractivity (Wildman–Crippen MR) is 84.7 cm³/mol. The molecule has 0 amide bonds. The van der Waals surface area contributed by atoms with Crippen LogP contribution in [-0.4, -0.2) is 45.6 Å². The topological polar surface area (TPSA) is 62.2 Å². The van der Waals surface area contributed by atoms with Gasteiger partial charge in [0.2, 0.25) is 0 Å². The summed E-state index contributed by atoms with van der Waals surface area (Å²) < 4.78 is 37.4. The Morgan fingerprint density at radius 2 is 1.78 bits per heavy atom. The second kappa shape index (κ2) is 7.21. The molecule has 23 heavy (non-hydrogen) atoms. The maximum absolute atomic E-state index is 12.5. The van der Waals surface area contributed by atoms with Crippen LogP contribution in [0, 0.1) is 0 Å². The molecule has 0 aliphatic carbocycles. The monoisotopic (exact) mass is 354 g/mol. The zero-order valence-corrected chi connectivity index (χ0v) is 12.5. The summed E-state index contributed by atoms with van der Waals surface area (Å²) in [5, 5.41) is 13.0. The van der Waals surface area contributed by atoms with Gasteiger partial charge in [0, 0.05) is 11.1 Å². The molecule has 9 heteroatoms. The third-order valence-corrected chi connectivity index (χ3v) is 3.94. The fraction of sp³-hybridized carbons (Fsp3) is 0.286. The molecule has 0 atom stereocenters. The number of thiazole rings is 1. The van der Waals surface area contributed by atoms with Crippen LogP contribution in [0.15, 0.2) is 29.6 Å². The second-order valence-corrected chi connectivity index (χ2v) is 6.03. The Balaban J connectivity index is 0.00000264. The summed E-state index contributed by atoms with van der Waals surface area (Å²) in [7, 11) is 0. The molecule has 120 valence electrons. The van der Waals surface area contributed by atoms with Crippen LogP contribution < -0.4 is 5.32 Å². The van der Waals surface area contributed by atoms with Gasteiger partial charge in [0.05, 0.1) is 5.41 Å². The van der Waals surface area contributed by atoms with Gasteiger partial charge in [-0.25, -0.2) is 4.98 Å². The number of anilines is 2. The van der Waals surface area contributed by atoms with Crippen molar-refractivity contribution in [3.05, 3.63) is 40.9 Å². The SMILES string of the molecule is CC(C)(C(=O)O)c1ccc(Nc2nc(C(F)(F)F)cs2)cc1.[NaH]. The Morgan fingerprint density at radius 3 is 2.22 bits per heavy atom. The van der Waals surface area contributed by atoms with E-state index >= 15 is 0 Å². The first-order chi connectivity index (χ1) is 10.1. The van der Waals surface area contributed by atoms with Gasteiger partial charge in [0.1, 0.15) is 0 Å². The summed E-state index contributed by atoms with van der Waals surface area (Å²) in [4.78, 5) is 14.6. The fourth-order valence-corrected chi connectivity index (χ4v) is 2.42. The maximum atomic E-state index is 12.5. The first kappa shape index (κ1) is 20.0. The number of hydrogen-bond donors (Lipinski definition) is 2. The van der Waals surface area contributed by atoms with E-state index in [1.807, 2.05) is 0 Å². The molecular formula is C14H14F3N2NaO2S. The molecule has 0 radical (unpaired) electrons. The van der Waals surface area contributed by atoms with Crippen molar-refractivity contribution in [2.45, 2.75) is 25.4 Å². The molecule has 1 aromatic heterocycles. The average molecular weight is 354 g/mol. The zero-order chi connectivity index (χ0) is 16.5. The number of benzene rings is 1. The van der Waals surface area contributed by atoms with Gasteiger partial charge >= 0.3 is 41.7 Å². The molecule has 1 aromatic carbocycles. The van der Waals surface area contributed by atoms with E-state index in [-0.39, 0.29) is 34.7 Å². The number of nitrogens with zero attached hydrogens (tertiary/aromatic N) is 1. The van der Waals surface area contributed by atoms with Crippen LogP contribution in [0.3, 0.4) is 0 Å². The van der Waals surface area contributed by atoms with Gasteiger partial charge in [-0.05, 0) is 31.5 Å². The molecule has 1 heterocycles. The molecule has 4 nitrogen and oxygen atoms in total. The van der Waals surface area contributed by atoms with Crippen molar-refractivity contribution < 1.29 is 23.1 Å². The van der Waals surface area contributed by atoms with E-state index in [9.17, 15) is 18.0 Å². The number of carbonyl (C=O) groups is 1. The molecule has 0 saturated carbocycles. The minimum absolute atomic E-state index is 0. The van der Waals surface area contributed by atoms with Gasteiger partial charge in [-0.2, -0.15) is 13.2 Å². The average Bonchev–Trinajstić information content (AvgIpc) is 2.87. The van der Waals surface area contributed by atoms with Gasteiger partial charge in [-0.15, -0.1) is 11.3 Å². The number of rotatable bonds is 4. The number of nitrogens with one attached hydrogen (secondary N) is 1. The van der Waals surface area contributed by atoms with Crippen molar-refractivity contribution in [3.63, 3.8) is 0 Å². The Labute approximate surface area is 157 Å². The quantitative estimate of drug-likeness (QED) is 0.824. The standard InChI is InChI=1S/C14H13F3N2O2S.Na.H/c1-13(2,11(20)21)8-3-5-9(6-4-8)18-12-19-10(7-22-12)14(15,16)17;;/h3-7H,1-2H3,(H,18,19)(H,20,21);;. The van der Waals surface area contributed by atoms with Crippen LogP contribution in [0.4, 0.5) is 24.0 Å². The first-order valence-corrected chi connectivity index (χ1v) is 7.12. The molecule has 2 aromatic rings. The Kier molecular flexibility index (Phi) is 6.25. The number of alkyl halides is 3. The van der Waals surface area contributed by atoms with E-state index in [0.717, 1.165) is 16.7 Å². The summed E-state index contributed by atoms with van der Waals surface area (Å²) in [6.45, 7) is 3.16. The minimum atomic E-state index is -4.47. The number of aromatic nitrogens is 1. The zero-order valence-electron chi connectivity index (χ0n) is 11.7. The van der Waals surface area contributed by atoms with Crippen molar-refractivity contribution >= 4 is 57.7 Å². The van der Waals surface area contributed by atoms with E-state index < -0.39 is 23.3 Å². The number of aliphatic carboxylic acids is 1. The van der Waals surface area contributed by atoms with E-state index in [4.69, 9.17) is 5.11 Å². The molecule has 0 aliphatic rings. The van der Waals surface area contributed by atoms with Crippen LogP contribution in [0.25, 0.3) is 0 Å². The van der Waals surface area contributed by atoms with Crippen molar-refractivity contribution in [1.29, 1.82) is 0 Å². The van der Waals surface area contributed by atoms with Crippen molar-refractivity contribution in [1.82, 2.24) is 4.98 Å². The molecule has 2 N–H and O–H groups in total. The van der Waals surface area contributed by atoms with Gasteiger partial charge in [0.15, 0.2) is 10.8 Å². The molecule has 0 spiro atoms. The van der Waals surface area contributed by atoms with Gasteiger partial charge in [-0.3, -0.25) is 4.79 Å². The molecule has 0 aliphatic heterocycles. The molecule has 0 fully saturated rings. The summed E-state index contributed by atoms with van der Waals surface area (Å²) in [6.07, 6.45) is -4.47. The van der Waals surface area contributed by atoms with Crippen LogP contribution in [0.2, 0.25) is 0 Å². The molecular weight excluding hydrogens is 340 g/mol. The van der Waals surface area contributed by atoms with Crippen molar-refractivity contribution in [2.24, 2.45) is 0 Å². The Morgan fingerprint density at radius 1 is 1.22 bits per heavy atom. The number of carboxylic acids is 1. The predicted octanol–water partition coefficient (Wildman–Crippen LogP) is 3.62. The summed E-state index contributed by atoms with van der Waals surface area (Å²) in [6, 6.07) is 6.45. The second-order valence-electron chi connectivity index (χ2n) is 5.17. The summed E-state index contributed by atoms with van der Waals surface area (Å²) >= 11 is 0.850. The Bertz CT molecular complexity index is 684. The molecule has 2 rings (SSSR count). The van der Waals surface area contributed by atoms with Gasteiger partial charge in [-0.1, -0.05) is 12.1 Å². The number of hydrogen-bond acceptors (Lipinski definition) is 4. The first-order valence-electron chi connectivity index (χ1n) is 6.24. The van der Waals surface area contributed by atoms with Crippen molar-refractivity contribution in [3.8, 4) is 0 Å². The third-order valence-electron chi connectivity index (χ3n) is 3.19. The molecule has 0 saturated heterocycles. The number of halogens is 3. The van der Waals surface area contributed by atoms with Crippen LogP contribution in [0.1, 0.15) is 25.1 Å². The van der Waals surface area contributed by atoms with E-state index in [1.165, 1.54) is 0 Å². The van der Waals surface area contributed by atoms with Crippen LogP contribution in [-0.2, 0) is 16.4 Å². The normalized spacial score (nSPS) is 11.7. The Hall–Kier alpha value is -1.09. The van der Waals surface area contributed by atoms with Gasteiger partial charge in [0.25, 0.3) is 0 Å². The van der Waals surface area contributed by atoms with Gasteiger partial charge < -0.3 is 10.4 Å². The summed E-state index contributed by atoms with van der Waals surface area (Å²) in [5.41, 5.74) is -0.847. The van der Waals surface area contributed by atoms with Crippen LogP contribution in [0.5, 0.6) is 0 Å². The van der Waals surface area contributed by atoms with Crippen molar-refractivity contribution in [2.75, 3.05) is 5.32 Å². The fourth-order valence-electron chi connectivity index (χ4n) is 1.68. The van der Waals surface area contributed by atoms with E-state index in [2.05, 4.69) is 10.3 Å².